The molecule has 0 aliphatic rings. The van der Waals surface area contributed by atoms with E-state index >= 15 is 0 Å². The van der Waals surface area contributed by atoms with Crippen LogP contribution in [-0.4, -0.2) is 33.4 Å². The Balaban J connectivity index is 1.22. The lowest BCUT2D eigenvalue weighted by molar-refractivity contribution is 0.678. The number of benzene rings is 2. The van der Waals surface area contributed by atoms with Crippen molar-refractivity contribution in [3.8, 4) is 32.1 Å². The van der Waals surface area contributed by atoms with Crippen molar-refractivity contribution >= 4 is 66.2 Å². The maximum Gasteiger partial charge on any atom is 0.131 e. The molecule has 43 heavy (non-hydrogen) atoms. The minimum Gasteiger partial charge on any atom is -0.385 e. The summed E-state index contributed by atoms with van der Waals surface area (Å²) in [4.78, 5) is 9.95. The molecule has 0 unspecified atom stereocenters. The second-order valence-corrected chi connectivity index (χ2v) is 13.7. The number of aromatic nitrogens is 3. The van der Waals surface area contributed by atoms with E-state index in [0.717, 1.165) is 53.2 Å². The predicted octanol–water partition coefficient (Wildman–Crippen LogP) is 11.0. The number of pyridine rings is 1. The highest BCUT2D eigenvalue weighted by atomic mass is 32.1. The minimum absolute atomic E-state index is 0.874. The molecule has 0 radical (unpaired) electrons. The van der Waals surface area contributed by atoms with Crippen molar-refractivity contribution in [2.24, 2.45) is 0 Å². The summed E-state index contributed by atoms with van der Waals surface area (Å²) in [6.07, 6.45) is 9.26. The van der Waals surface area contributed by atoms with E-state index in [0.29, 0.717) is 0 Å². The normalized spacial score (nSPS) is 11.5. The van der Waals surface area contributed by atoms with Crippen LogP contribution in [-0.2, 0) is 0 Å². The topological polar surface area (TPSA) is 53.9 Å². The molecule has 0 atom stereocenters. The van der Waals surface area contributed by atoms with E-state index in [1.807, 2.05) is 28.9 Å². The minimum atomic E-state index is 0.874. The number of hydrogen-bond donors (Lipinski definition) is 1. The summed E-state index contributed by atoms with van der Waals surface area (Å²) in [6.45, 7) is 10.0. The number of hydrogen-bond acceptors (Lipinski definition) is 8. The summed E-state index contributed by atoms with van der Waals surface area (Å²) in [7, 11) is 0. The van der Waals surface area contributed by atoms with E-state index in [4.69, 9.17) is 9.36 Å². The lowest BCUT2D eigenvalue weighted by atomic mass is 10.1. The molecule has 6 rings (SSSR count). The molecule has 0 fully saturated rings. The number of nitrogens with zero attached hydrogens (tertiary/aromatic N) is 4. The summed E-state index contributed by atoms with van der Waals surface area (Å²) < 4.78 is 12.0. The average Bonchev–Trinajstić information content (AvgIpc) is 3.78. The second-order valence-electron chi connectivity index (χ2n) is 11.0. The maximum absolute atomic E-state index is 4.90. The first-order chi connectivity index (χ1) is 21.2. The average molecular weight is 626 g/mol. The van der Waals surface area contributed by atoms with Gasteiger partial charge in [0.2, 0.25) is 0 Å². The zero-order valence-electron chi connectivity index (χ0n) is 25.2. The highest BCUT2D eigenvalue weighted by molar-refractivity contribution is 7.31. The van der Waals surface area contributed by atoms with Crippen molar-refractivity contribution in [2.75, 3.05) is 29.9 Å². The molecule has 4 aromatic heterocycles. The quantitative estimate of drug-likeness (QED) is 0.122. The van der Waals surface area contributed by atoms with Crippen molar-refractivity contribution in [2.45, 2.75) is 59.3 Å². The van der Waals surface area contributed by atoms with Gasteiger partial charge in [0.05, 0.1) is 17.4 Å². The SMILES string of the molecule is CCCCNc1ccc(-c2ncc(-c3cc4sc(-c5ccc(N(CCCC)CCCC)cc5)cc4s3)c3nsnc23)cc1. The van der Waals surface area contributed by atoms with Gasteiger partial charge in [-0.05, 0) is 61.2 Å². The van der Waals surface area contributed by atoms with Crippen LogP contribution in [0.25, 0.3) is 52.6 Å². The Hall–Kier alpha value is -3.33. The highest BCUT2D eigenvalue weighted by Crippen LogP contribution is 2.44. The number of rotatable bonds is 14. The first-order valence-electron chi connectivity index (χ1n) is 15.5. The van der Waals surface area contributed by atoms with Crippen LogP contribution in [0.1, 0.15) is 59.3 Å². The van der Waals surface area contributed by atoms with Gasteiger partial charge in [-0.3, -0.25) is 4.98 Å². The molecule has 0 saturated heterocycles. The van der Waals surface area contributed by atoms with Gasteiger partial charge >= 0.3 is 0 Å². The number of anilines is 2. The Morgan fingerprint density at radius 3 is 2.02 bits per heavy atom. The van der Waals surface area contributed by atoms with Gasteiger partial charge in [-0.1, -0.05) is 64.3 Å². The van der Waals surface area contributed by atoms with E-state index < -0.39 is 0 Å². The molecule has 4 heterocycles. The van der Waals surface area contributed by atoms with Crippen molar-refractivity contribution < 1.29 is 0 Å². The van der Waals surface area contributed by atoms with Crippen LogP contribution in [0.4, 0.5) is 11.4 Å². The van der Waals surface area contributed by atoms with Crippen LogP contribution >= 0.6 is 34.4 Å². The molecular formula is C35H39N5S3. The molecule has 0 spiro atoms. The second kappa shape index (κ2) is 14.0. The Morgan fingerprint density at radius 2 is 1.33 bits per heavy atom. The fraction of sp³-hybridized carbons (Fsp3) is 0.343. The summed E-state index contributed by atoms with van der Waals surface area (Å²) in [6, 6.07) is 22.3. The summed E-state index contributed by atoms with van der Waals surface area (Å²) in [5, 5.41) is 3.49. The smallest absolute Gasteiger partial charge is 0.131 e. The van der Waals surface area contributed by atoms with E-state index in [9.17, 15) is 0 Å². The van der Waals surface area contributed by atoms with Crippen LogP contribution in [0, 0.1) is 0 Å². The molecular weight excluding hydrogens is 587 g/mol. The van der Waals surface area contributed by atoms with E-state index in [-0.39, 0.29) is 0 Å². The number of fused-ring (bicyclic) bond motifs is 2. The van der Waals surface area contributed by atoms with Gasteiger partial charge < -0.3 is 10.2 Å². The number of thiophene rings is 2. The van der Waals surface area contributed by atoms with Crippen LogP contribution in [0.3, 0.4) is 0 Å². The number of nitrogens with one attached hydrogen (secondary N) is 1. The Morgan fingerprint density at radius 1 is 0.698 bits per heavy atom. The monoisotopic (exact) mass is 625 g/mol. The van der Waals surface area contributed by atoms with E-state index in [1.54, 1.807) is 0 Å². The van der Waals surface area contributed by atoms with Gasteiger partial charge in [0, 0.05) is 67.5 Å². The van der Waals surface area contributed by atoms with Crippen molar-refractivity contribution in [3.63, 3.8) is 0 Å². The molecule has 0 aliphatic heterocycles. The van der Waals surface area contributed by atoms with Gasteiger partial charge in [0.15, 0.2) is 0 Å². The molecule has 222 valence electrons. The third-order valence-electron chi connectivity index (χ3n) is 7.86. The molecule has 5 nitrogen and oxygen atoms in total. The largest absolute Gasteiger partial charge is 0.385 e. The molecule has 1 N–H and O–H groups in total. The maximum atomic E-state index is 4.90. The van der Waals surface area contributed by atoms with Crippen molar-refractivity contribution in [1.82, 2.24) is 13.7 Å². The van der Waals surface area contributed by atoms with Crippen LogP contribution in [0.2, 0.25) is 0 Å². The van der Waals surface area contributed by atoms with Gasteiger partial charge in [0.25, 0.3) is 0 Å². The zero-order chi connectivity index (χ0) is 29.6. The van der Waals surface area contributed by atoms with Gasteiger partial charge in [-0.15, -0.1) is 22.7 Å². The molecule has 0 saturated carbocycles. The molecule has 8 heteroatoms. The fourth-order valence-corrected chi connectivity index (χ4v) is 8.31. The number of unbranched alkanes of at least 4 members (excludes halogenated alkanes) is 3. The van der Waals surface area contributed by atoms with Crippen molar-refractivity contribution in [1.29, 1.82) is 0 Å². The van der Waals surface area contributed by atoms with E-state index in [2.05, 4.69) is 96.0 Å². The van der Waals surface area contributed by atoms with Crippen LogP contribution in [0.5, 0.6) is 0 Å². The summed E-state index contributed by atoms with van der Waals surface area (Å²) in [5.41, 5.74) is 8.57. The molecule has 0 amide bonds. The summed E-state index contributed by atoms with van der Waals surface area (Å²) >= 11 is 4.93. The van der Waals surface area contributed by atoms with Crippen LogP contribution in [0.15, 0.2) is 66.9 Å². The van der Waals surface area contributed by atoms with Gasteiger partial charge in [-0.2, -0.15) is 8.75 Å². The first-order valence-corrected chi connectivity index (χ1v) is 17.9. The summed E-state index contributed by atoms with van der Waals surface area (Å²) in [5.74, 6) is 0. The fourth-order valence-electron chi connectivity index (χ4n) is 5.33. The lowest BCUT2D eigenvalue weighted by Gasteiger charge is -2.24. The van der Waals surface area contributed by atoms with E-state index in [1.165, 1.54) is 80.7 Å². The molecule has 2 aromatic carbocycles. The standard InChI is InChI=1S/C35H39N5S3/c1-4-7-18-36-26-14-10-25(11-15-26)33-35-34(38-43-39-35)28(23-37-33)30-22-32-31(42-30)21-29(41-32)24-12-16-27(17-13-24)40(19-8-5-2)20-9-6-3/h10-17,21-23,36H,4-9,18-20H2,1-3H3. The zero-order valence-corrected chi connectivity index (χ0v) is 27.7. The molecule has 0 bridgehead atoms. The molecule has 6 aromatic rings. The van der Waals surface area contributed by atoms with Crippen molar-refractivity contribution in [3.05, 3.63) is 66.9 Å². The Kier molecular flexibility index (Phi) is 9.66. The Labute approximate surface area is 267 Å². The van der Waals surface area contributed by atoms with Crippen LogP contribution < -0.4 is 10.2 Å². The molecule has 0 aliphatic carbocycles. The third-order valence-corrected chi connectivity index (χ3v) is 10.8. The highest BCUT2D eigenvalue weighted by Gasteiger charge is 2.18. The lowest BCUT2D eigenvalue weighted by Crippen LogP contribution is -2.25. The predicted molar refractivity (Wildman–Crippen MR) is 190 cm³/mol. The van der Waals surface area contributed by atoms with Gasteiger partial charge in [-0.25, -0.2) is 0 Å². The third kappa shape index (κ3) is 6.61. The Bertz CT molecular complexity index is 1730. The van der Waals surface area contributed by atoms with Gasteiger partial charge in [0.1, 0.15) is 11.0 Å². The first kappa shape index (κ1) is 29.7.